The van der Waals surface area contributed by atoms with Crippen LogP contribution in [-0.2, 0) is 9.59 Å². The minimum Gasteiger partial charge on any atom is -0.507 e. The highest BCUT2D eigenvalue weighted by molar-refractivity contribution is 6.51. The molecular formula is C26H20N2O3. The fraction of sp³-hybridized carbons (Fsp3) is 0.0769. The summed E-state index contributed by atoms with van der Waals surface area (Å²) in [7, 11) is 0. The fourth-order valence-electron chi connectivity index (χ4n) is 4.26. The van der Waals surface area contributed by atoms with E-state index in [1.165, 1.54) is 4.90 Å². The Hall–Kier alpha value is -4.12. The molecule has 5 heteroatoms. The van der Waals surface area contributed by atoms with E-state index in [1.54, 1.807) is 18.3 Å². The number of aryl methyl sites for hydroxylation is 1. The number of aromatic amines is 1. The lowest BCUT2D eigenvalue weighted by atomic mass is 9.94. The van der Waals surface area contributed by atoms with Crippen molar-refractivity contribution < 1.29 is 14.7 Å². The molecule has 5 nitrogen and oxygen atoms in total. The number of aliphatic hydroxyl groups is 1. The molecule has 4 aromatic rings. The minimum atomic E-state index is -0.726. The molecule has 1 unspecified atom stereocenters. The third-order valence-electron chi connectivity index (χ3n) is 5.68. The van der Waals surface area contributed by atoms with E-state index < -0.39 is 17.7 Å². The molecule has 1 fully saturated rings. The highest BCUT2D eigenvalue weighted by Gasteiger charge is 2.47. The summed E-state index contributed by atoms with van der Waals surface area (Å²) in [6, 6.07) is 23.5. The Morgan fingerprint density at radius 1 is 0.935 bits per heavy atom. The van der Waals surface area contributed by atoms with Crippen molar-refractivity contribution in [1.29, 1.82) is 0 Å². The van der Waals surface area contributed by atoms with Gasteiger partial charge in [0.1, 0.15) is 5.76 Å². The average molecular weight is 408 g/mol. The zero-order valence-electron chi connectivity index (χ0n) is 16.9. The summed E-state index contributed by atoms with van der Waals surface area (Å²) in [5, 5.41) is 12.1. The second kappa shape index (κ2) is 7.29. The van der Waals surface area contributed by atoms with E-state index >= 15 is 0 Å². The Morgan fingerprint density at radius 3 is 2.45 bits per heavy atom. The predicted octanol–water partition coefficient (Wildman–Crippen LogP) is 5.10. The SMILES string of the molecule is Cc1cccc(C2/C(=C(/O)c3c[nH]c4ccccc34)C(=O)C(=O)N2c2ccccc2)c1. The van der Waals surface area contributed by atoms with Crippen molar-refractivity contribution in [1.82, 2.24) is 4.98 Å². The van der Waals surface area contributed by atoms with E-state index in [4.69, 9.17) is 0 Å². The second-order valence-corrected chi connectivity index (χ2v) is 7.67. The third-order valence-corrected chi connectivity index (χ3v) is 5.68. The molecular weight excluding hydrogens is 388 g/mol. The normalized spacial score (nSPS) is 18.1. The van der Waals surface area contributed by atoms with Crippen LogP contribution in [0.1, 0.15) is 22.7 Å². The van der Waals surface area contributed by atoms with Gasteiger partial charge in [0.2, 0.25) is 0 Å². The van der Waals surface area contributed by atoms with Gasteiger partial charge in [0.25, 0.3) is 11.7 Å². The molecule has 3 aromatic carbocycles. The second-order valence-electron chi connectivity index (χ2n) is 7.67. The zero-order valence-corrected chi connectivity index (χ0v) is 16.9. The van der Waals surface area contributed by atoms with Crippen LogP contribution >= 0.6 is 0 Å². The number of carbonyl (C=O) groups is 2. The van der Waals surface area contributed by atoms with Crippen molar-refractivity contribution in [3.05, 3.63) is 107 Å². The molecule has 1 aliphatic rings. The molecule has 1 saturated heterocycles. The standard InChI is InChI=1S/C26H20N2O3/c1-16-8-7-9-17(14-16)23-22(24(29)20-15-27-21-13-6-5-12-19(20)21)25(30)26(31)28(23)18-10-3-2-4-11-18/h2-15,23,27,29H,1H3/b24-22-. The number of aromatic nitrogens is 1. The number of nitrogens with zero attached hydrogens (tertiary/aromatic N) is 1. The number of aliphatic hydroxyl groups excluding tert-OH is 1. The molecule has 31 heavy (non-hydrogen) atoms. The Bertz CT molecular complexity index is 1350. The van der Waals surface area contributed by atoms with Gasteiger partial charge in [-0.2, -0.15) is 0 Å². The number of para-hydroxylation sites is 2. The van der Waals surface area contributed by atoms with Crippen LogP contribution < -0.4 is 4.90 Å². The van der Waals surface area contributed by atoms with Crippen LogP contribution in [0.2, 0.25) is 0 Å². The van der Waals surface area contributed by atoms with Gasteiger partial charge in [0.15, 0.2) is 0 Å². The molecule has 0 aliphatic carbocycles. The maximum Gasteiger partial charge on any atom is 0.300 e. The number of ketones is 1. The number of hydrogen-bond acceptors (Lipinski definition) is 3. The van der Waals surface area contributed by atoms with Crippen molar-refractivity contribution in [2.45, 2.75) is 13.0 Å². The molecule has 1 amide bonds. The quantitative estimate of drug-likeness (QED) is 0.281. The van der Waals surface area contributed by atoms with Crippen LogP contribution in [0.3, 0.4) is 0 Å². The smallest absolute Gasteiger partial charge is 0.300 e. The Labute approximate surface area is 179 Å². The number of nitrogens with one attached hydrogen (secondary N) is 1. The van der Waals surface area contributed by atoms with Crippen molar-refractivity contribution in [3.63, 3.8) is 0 Å². The fourth-order valence-corrected chi connectivity index (χ4v) is 4.26. The number of amides is 1. The molecule has 0 bridgehead atoms. The zero-order chi connectivity index (χ0) is 21.5. The van der Waals surface area contributed by atoms with Gasteiger partial charge in [-0.15, -0.1) is 0 Å². The molecule has 1 aliphatic heterocycles. The summed E-state index contributed by atoms with van der Waals surface area (Å²) in [5.74, 6) is -1.53. The lowest BCUT2D eigenvalue weighted by molar-refractivity contribution is -0.132. The Kier molecular flexibility index (Phi) is 4.44. The summed E-state index contributed by atoms with van der Waals surface area (Å²) in [6.45, 7) is 1.96. The van der Waals surface area contributed by atoms with E-state index in [-0.39, 0.29) is 11.3 Å². The topological polar surface area (TPSA) is 73.4 Å². The molecule has 0 spiro atoms. The van der Waals surface area contributed by atoms with Crippen molar-refractivity contribution in [3.8, 4) is 0 Å². The van der Waals surface area contributed by atoms with E-state index in [9.17, 15) is 14.7 Å². The molecule has 1 atom stereocenters. The lowest BCUT2D eigenvalue weighted by Crippen LogP contribution is -2.29. The lowest BCUT2D eigenvalue weighted by Gasteiger charge is -2.25. The minimum absolute atomic E-state index is 0.0872. The van der Waals surface area contributed by atoms with Crippen LogP contribution in [0.4, 0.5) is 5.69 Å². The van der Waals surface area contributed by atoms with Crippen LogP contribution in [-0.4, -0.2) is 21.8 Å². The number of hydrogen-bond donors (Lipinski definition) is 2. The van der Waals surface area contributed by atoms with Gasteiger partial charge in [-0.3, -0.25) is 14.5 Å². The van der Waals surface area contributed by atoms with Gasteiger partial charge in [0, 0.05) is 28.4 Å². The molecule has 0 radical (unpaired) electrons. The summed E-state index contributed by atoms with van der Waals surface area (Å²) < 4.78 is 0. The van der Waals surface area contributed by atoms with Gasteiger partial charge >= 0.3 is 0 Å². The highest BCUT2D eigenvalue weighted by atomic mass is 16.3. The van der Waals surface area contributed by atoms with Crippen molar-refractivity contribution in [2.24, 2.45) is 0 Å². The van der Waals surface area contributed by atoms with E-state index in [0.29, 0.717) is 11.3 Å². The van der Waals surface area contributed by atoms with Crippen LogP contribution in [0.5, 0.6) is 0 Å². The van der Waals surface area contributed by atoms with Gasteiger partial charge in [-0.25, -0.2) is 0 Å². The van der Waals surface area contributed by atoms with Gasteiger partial charge in [-0.05, 0) is 30.7 Å². The number of rotatable bonds is 3. The van der Waals surface area contributed by atoms with E-state index in [0.717, 1.165) is 22.0 Å². The molecule has 2 N–H and O–H groups in total. The first-order valence-corrected chi connectivity index (χ1v) is 10.1. The molecule has 2 heterocycles. The van der Waals surface area contributed by atoms with Crippen LogP contribution in [0, 0.1) is 6.92 Å². The Morgan fingerprint density at radius 2 is 1.68 bits per heavy atom. The van der Waals surface area contributed by atoms with Gasteiger partial charge in [0.05, 0.1) is 11.6 Å². The maximum atomic E-state index is 13.2. The number of anilines is 1. The highest BCUT2D eigenvalue weighted by Crippen LogP contribution is 2.43. The van der Waals surface area contributed by atoms with Crippen molar-refractivity contribution in [2.75, 3.05) is 4.90 Å². The predicted molar refractivity (Wildman–Crippen MR) is 121 cm³/mol. The molecule has 1 aromatic heterocycles. The summed E-state index contributed by atoms with van der Waals surface area (Å²) in [4.78, 5) is 30.9. The number of H-pyrrole nitrogens is 1. The summed E-state index contributed by atoms with van der Waals surface area (Å²) >= 11 is 0. The number of benzene rings is 3. The monoisotopic (exact) mass is 408 g/mol. The van der Waals surface area contributed by atoms with E-state index in [1.807, 2.05) is 73.7 Å². The number of carbonyl (C=O) groups excluding carboxylic acids is 2. The molecule has 5 rings (SSSR count). The molecule has 152 valence electrons. The largest absolute Gasteiger partial charge is 0.507 e. The first kappa shape index (κ1) is 18.9. The number of Topliss-reactive ketones (excluding diaryl/α,β-unsaturated/α-hetero) is 1. The van der Waals surface area contributed by atoms with Crippen molar-refractivity contribution >= 4 is 34.0 Å². The first-order chi connectivity index (χ1) is 15.1. The Balaban J connectivity index is 1.77. The van der Waals surface area contributed by atoms with Crippen LogP contribution in [0.15, 0.2) is 90.6 Å². The van der Waals surface area contributed by atoms with Gasteiger partial charge < -0.3 is 10.1 Å². The van der Waals surface area contributed by atoms with Crippen LogP contribution in [0.25, 0.3) is 16.7 Å². The summed E-state index contributed by atoms with van der Waals surface area (Å²) in [6.07, 6.45) is 1.67. The maximum absolute atomic E-state index is 13.2. The van der Waals surface area contributed by atoms with E-state index in [2.05, 4.69) is 4.98 Å². The molecule has 0 saturated carbocycles. The first-order valence-electron chi connectivity index (χ1n) is 10.1. The third kappa shape index (κ3) is 3.02. The number of fused-ring (bicyclic) bond motifs is 1. The summed E-state index contributed by atoms with van der Waals surface area (Å²) in [5.41, 5.74) is 3.80. The average Bonchev–Trinajstić information content (AvgIpc) is 3.33. The van der Waals surface area contributed by atoms with Gasteiger partial charge in [-0.1, -0.05) is 66.2 Å².